The van der Waals surface area contributed by atoms with E-state index in [2.05, 4.69) is 21.3 Å². The van der Waals surface area contributed by atoms with E-state index in [9.17, 15) is 33.1 Å². The molecular formula is C39H58F2N4O7. The second-order valence-electron chi connectivity index (χ2n) is 14.0. The molecule has 290 valence electrons. The molecule has 2 rings (SSSR count). The van der Waals surface area contributed by atoms with Crippen molar-refractivity contribution in [3.05, 3.63) is 65.2 Å². The van der Waals surface area contributed by atoms with Gasteiger partial charge in [-0.15, -0.1) is 0 Å². The molecule has 2 aromatic carbocycles. The summed E-state index contributed by atoms with van der Waals surface area (Å²) in [5.74, 6) is -2.26. The molecule has 0 saturated heterocycles. The fraction of sp³-hybridized carbons (Fsp3) is 0.590. The maximum Gasteiger partial charge on any atom is 0.251 e. The van der Waals surface area contributed by atoms with Crippen molar-refractivity contribution in [2.75, 3.05) is 26.8 Å². The summed E-state index contributed by atoms with van der Waals surface area (Å²) in [5.41, 5.74) is 0.218. The molecule has 13 heteroatoms. The van der Waals surface area contributed by atoms with Gasteiger partial charge in [0.15, 0.2) is 6.10 Å². The van der Waals surface area contributed by atoms with E-state index in [0.717, 1.165) is 49.4 Å². The van der Waals surface area contributed by atoms with E-state index in [1.54, 1.807) is 33.1 Å². The molecule has 0 spiro atoms. The summed E-state index contributed by atoms with van der Waals surface area (Å²) in [5, 5.41) is 22.1. The van der Waals surface area contributed by atoms with Crippen LogP contribution in [0.25, 0.3) is 0 Å². The van der Waals surface area contributed by atoms with Crippen LogP contribution in [0.4, 0.5) is 8.78 Å². The number of carbonyl (C=O) groups excluding carboxylic acids is 4. The lowest BCUT2D eigenvalue weighted by Crippen LogP contribution is -2.54. The summed E-state index contributed by atoms with van der Waals surface area (Å²) in [7, 11) is 1.57. The number of hydrogen-bond donors (Lipinski definition) is 5. The van der Waals surface area contributed by atoms with Gasteiger partial charge in [0.25, 0.3) is 5.91 Å². The second kappa shape index (κ2) is 23.5. The normalized spacial score (nSPS) is 13.1. The minimum absolute atomic E-state index is 0.0508. The number of ether oxygens (including phenoxy) is 2. The smallest absolute Gasteiger partial charge is 0.251 e. The predicted octanol–water partition coefficient (Wildman–Crippen LogP) is 4.87. The Kier molecular flexibility index (Phi) is 19.9. The number of hydrogen-bond acceptors (Lipinski definition) is 7. The van der Waals surface area contributed by atoms with Crippen LogP contribution in [-0.2, 0) is 36.9 Å². The van der Waals surface area contributed by atoms with Gasteiger partial charge in [-0.3, -0.25) is 19.2 Å². The van der Waals surface area contributed by atoms with Gasteiger partial charge in [-0.1, -0.05) is 65.5 Å². The van der Waals surface area contributed by atoms with Gasteiger partial charge in [-0.05, 0) is 66.1 Å². The summed E-state index contributed by atoms with van der Waals surface area (Å²) < 4.78 is 39.2. The lowest BCUT2D eigenvalue weighted by atomic mass is 9.93. The Bertz CT molecular complexity index is 1410. The van der Waals surface area contributed by atoms with Gasteiger partial charge < -0.3 is 35.8 Å². The number of benzene rings is 2. The van der Waals surface area contributed by atoms with Gasteiger partial charge >= 0.3 is 0 Å². The highest BCUT2D eigenvalue weighted by Crippen LogP contribution is 2.16. The number of carbonyl (C=O) groups is 4. The summed E-state index contributed by atoms with van der Waals surface area (Å²) >= 11 is 0. The van der Waals surface area contributed by atoms with E-state index in [1.165, 1.54) is 0 Å². The second-order valence-corrected chi connectivity index (χ2v) is 14.0. The summed E-state index contributed by atoms with van der Waals surface area (Å²) in [4.78, 5) is 51.4. The van der Waals surface area contributed by atoms with E-state index < -0.39 is 47.1 Å². The first-order valence-electron chi connectivity index (χ1n) is 18.2. The van der Waals surface area contributed by atoms with Crippen molar-refractivity contribution < 1.29 is 42.5 Å². The Labute approximate surface area is 307 Å². The third-order valence-electron chi connectivity index (χ3n) is 8.51. The van der Waals surface area contributed by atoms with Crippen LogP contribution in [-0.4, -0.2) is 73.7 Å². The average Bonchev–Trinajstić information content (AvgIpc) is 3.11. The lowest BCUT2D eigenvalue weighted by Gasteiger charge is -2.28. The molecule has 0 bridgehead atoms. The van der Waals surface area contributed by atoms with Crippen LogP contribution >= 0.6 is 0 Å². The van der Waals surface area contributed by atoms with Crippen LogP contribution in [0, 0.1) is 17.0 Å². The molecule has 0 aliphatic carbocycles. The first-order valence-corrected chi connectivity index (χ1v) is 18.2. The number of rotatable bonds is 25. The predicted molar refractivity (Wildman–Crippen MR) is 195 cm³/mol. The molecular weight excluding hydrogens is 674 g/mol. The fourth-order valence-electron chi connectivity index (χ4n) is 5.34. The van der Waals surface area contributed by atoms with Crippen molar-refractivity contribution in [2.45, 2.75) is 117 Å². The highest BCUT2D eigenvalue weighted by atomic mass is 19.1. The lowest BCUT2D eigenvalue weighted by molar-refractivity contribution is -0.134. The van der Waals surface area contributed by atoms with E-state index in [4.69, 9.17) is 9.47 Å². The molecule has 11 nitrogen and oxygen atoms in total. The maximum atomic E-state index is 14.4. The Hall–Kier alpha value is -4.10. The molecule has 0 radical (unpaired) electrons. The van der Waals surface area contributed by atoms with Crippen LogP contribution in [0.1, 0.15) is 96.6 Å². The molecule has 0 saturated carbocycles. The Morgan fingerprint density at radius 1 is 0.827 bits per heavy atom. The van der Waals surface area contributed by atoms with Gasteiger partial charge in [0.1, 0.15) is 17.4 Å². The van der Waals surface area contributed by atoms with Crippen LogP contribution in [0.2, 0.25) is 0 Å². The van der Waals surface area contributed by atoms with Crippen molar-refractivity contribution >= 4 is 23.6 Å². The van der Waals surface area contributed by atoms with Gasteiger partial charge in [-0.25, -0.2) is 8.78 Å². The Balaban J connectivity index is 1.98. The number of aliphatic hydroxyl groups is 1. The van der Waals surface area contributed by atoms with Gasteiger partial charge in [0, 0.05) is 38.4 Å². The van der Waals surface area contributed by atoms with Crippen molar-refractivity contribution in [3.8, 4) is 5.75 Å². The molecule has 4 amide bonds. The van der Waals surface area contributed by atoms with Crippen LogP contribution < -0.4 is 26.0 Å². The standard InChI is InChI=1S/C39H58F2N4O7/c1-6-8-10-12-34(46)44-30(21-28-20-29(40)16-19-32(28)41)22-36(48)42-25-39(3,4)26-43-38(50)37(49)33(45-35(47)13-11-9-7-2)24-52-23-27-14-17-31(51-5)18-15-27/h14-20,30,33,37,49H,6-13,21-26H2,1-5H3,(H,42,48)(H,43,50)(H,44,46)(H,45,47). The minimum Gasteiger partial charge on any atom is -0.497 e. The summed E-state index contributed by atoms with van der Waals surface area (Å²) in [6, 6.07) is 8.53. The monoisotopic (exact) mass is 732 g/mol. The van der Waals surface area contributed by atoms with Crippen molar-refractivity contribution in [2.24, 2.45) is 5.41 Å². The summed E-state index contributed by atoms with van der Waals surface area (Å²) in [6.07, 6.45) is 3.62. The molecule has 0 aliphatic rings. The van der Waals surface area contributed by atoms with E-state index in [1.807, 2.05) is 26.0 Å². The van der Waals surface area contributed by atoms with Crippen molar-refractivity contribution in [1.82, 2.24) is 21.3 Å². The van der Waals surface area contributed by atoms with E-state index in [-0.39, 0.29) is 69.4 Å². The number of halogens is 2. The maximum absolute atomic E-state index is 14.4. The fourth-order valence-corrected chi connectivity index (χ4v) is 5.34. The molecule has 0 fully saturated rings. The Morgan fingerprint density at radius 3 is 2.06 bits per heavy atom. The largest absolute Gasteiger partial charge is 0.497 e. The minimum atomic E-state index is -1.61. The number of aliphatic hydroxyl groups excluding tert-OH is 1. The molecule has 0 aliphatic heterocycles. The highest BCUT2D eigenvalue weighted by Gasteiger charge is 2.30. The Morgan fingerprint density at radius 2 is 1.44 bits per heavy atom. The molecule has 0 heterocycles. The average molecular weight is 733 g/mol. The number of methoxy groups -OCH3 is 1. The third kappa shape index (κ3) is 17.4. The first kappa shape index (κ1) is 44.1. The van der Waals surface area contributed by atoms with Crippen molar-refractivity contribution in [3.63, 3.8) is 0 Å². The third-order valence-corrected chi connectivity index (χ3v) is 8.51. The summed E-state index contributed by atoms with van der Waals surface area (Å²) in [6.45, 7) is 7.92. The zero-order valence-corrected chi connectivity index (χ0v) is 31.3. The highest BCUT2D eigenvalue weighted by molar-refractivity contribution is 5.83. The topological polar surface area (TPSA) is 155 Å². The molecule has 0 aromatic heterocycles. The zero-order chi connectivity index (χ0) is 38.5. The van der Waals surface area contributed by atoms with Crippen LogP contribution in [0.3, 0.4) is 0 Å². The van der Waals surface area contributed by atoms with Crippen LogP contribution in [0.5, 0.6) is 5.75 Å². The van der Waals surface area contributed by atoms with E-state index in [0.29, 0.717) is 18.6 Å². The van der Waals surface area contributed by atoms with Crippen LogP contribution in [0.15, 0.2) is 42.5 Å². The number of nitrogens with one attached hydrogen (secondary N) is 4. The van der Waals surface area contributed by atoms with E-state index >= 15 is 0 Å². The van der Waals surface area contributed by atoms with Gasteiger partial charge in [-0.2, -0.15) is 0 Å². The molecule has 3 unspecified atom stereocenters. The quantitative estimate of drug-likeness (QED) is 0.0913. The van der Waals surface area contributed by atoms with Gasteiger partial charge in [0.05, 0.1) is 26.4 Å². The number of amides is 4. The first-order chi connectivity index (χ1) is 24.8. The molecule has 3 atom stereocenters. The molecule has 5 N–H and O–H groups in total. The number of unbranched alkanes of at least 4 members (excludes halogenated alkanes) is 4. The molecule has 2 aromatic rings. The zero-order valence-electron chi connectivity index (χ0n) is 31.3. The van der Waals surface area contributed by atoms with Crippen molar-refractivity contribution in [1.29, 1.82) is 0 Å². The molecule has 52 heavy (non-hydrogen) atoms. The SMILES string of the molecule is CCCCCC(=O)NC(CC(=O)NCC(C)(C)CNC(=O)C(O)C(COCc1ccc(OC)cc1)NC(=O)CCCCC)Cc1cc(F)ccc1F. The van der Waals surface area contributed by atoms with Gasteiger partial charge in [0.2, 0.25) is 17.7 Å².